The highest BCUT2D eigenvalue weighted by atomic mass is 35.5. The number of nitrogens with zero attached hydrogens (tertiary/aromatic N) is 1. The fraction of sp³-hybridized carbons (Fsp3) is 0.0667. The van der Waals surface area contributed by atoms with Crippen molar-refractivity contribution >= 4 is 27.3 Å². The summed E-state index contributed by atoms with van der Waals surface area (Å²) < 4.78 is 80.1. The number of H-pyrrole nitrogens is 2. The van der Waals surface area contributed by atoms with Crippen molar-refractivity contribution in [1.29, 1.82) is 0 Å². The molecular weight excluding hydrogens is 428 g/mol. The van der Waals surface area contributed by atoms with Crippen molar-refractivity contribution < 1.29 is 26.0 Å². The van der Waals surface area contributed by atoms with Crippen LogP contribution < -0.4 is 10.4 Å². The highest BCUT2D eigenvalue weighted by molar-refractivity contribution is 7.92. The molecule has 3 aromatic rings. The number of hydrogen-bond acceptors (Lipinski definition) is 4. The van der Waals surface area contributed by atoms with Crippen molar-refractivity contribution in [2.45, 2.75) is 11.1 Å². The average molecular weight is 437 g/mol. The van der Waals surface area contributed by atoms with Gasteiger partial charge in [0.25, 0.3) is 10.0 Å². The van der Waals surface area contributed by atoms with Crippen molar-refractivity contribution in [2.24, 2.45) is 0 Å². The maximum absolute atomic E-state index is 13.9. The molecule has 2 aromatic carbocycles. The molecule has 0 bridgehead atoms. The molecule has 1 heterocycles. The SMILES string of the molecule is O=c1[nH]nc(-c2cc(NS(=O)(=O)c3ccc(Cl)cc3F)cc(C(F)(F)F)c2)[nH]1. The Morgan fingerprint density at radius 3 is 2.39 bits per heavy atom. The van der Waals surface area contributed by atoms with Crippen LogP contribution in [-0.4, -0.2) is 23.6 Å². The van der Waals surface area contributed by atoms with Gasteiger partial charge >= 0.3 is 11.9 Å². The van der Waals surface area contributed by atoms with E-state index in [1.54, 1.807) is 0 Å². The minimum atomic E-state index is -4.82. The standard InChI is InChI=1S/C15H9ClF4N4O3S/c16-9-1-2-12(11(17)6-9)28(26,27)24-10-4-7(13-21-14(25)23-22-13)3-8(5-10)15(18,19)20/h1-6,24H,(H2,21,22,23,25). The van der Waals surface area contributed by atoms with Crippen molar-refractivity contribution in [3.8, 4) is 11.4 Å². The molecule has 0 unspecified atom stereocenters. The van der Waals surface area contributed by atoms with E-state index in [-0.39, 0.29) is 16.4 Å². The van der Waals surface area contributed by atoms with Crippen LogP contribution in [0, 0.1) is 5.82 Å². The molecule has 0 aliphatic heterocycles. The lowest BCUT2D eigenvalue weighted by atomic mass is 10.1. The van der Waals surface area contributed by atoms with E-state index in [2.05, 4.69) is 10.1 Å². The topological polar surface area (TPSA) is 108 Å². The van der Waals surface area contributed by atoms with Gasteiger partial charge < -0.3 is 0 Å². The molecule has 3 rings (SSSR count). The Morgan fingerprint density at radius 2 is 1.82 bits per heavy atom. The van der Waals surface area contributed by atoms with Gasteiger partial charge in [-0.1, -0.05) is 11.6 Å². The van der Waals surface area contributed by atoms with Gasteiger partial charge in [0.05, 0.1) is 11.3 Å². The van der Waals surface area contributed by atoms with E-state index in [4.69, 9.17) is 11.6 Å². The van der Waals surface area contributed by atoms with Crippen LogP contribution in [0.1, 0.15) is 5.56 Å². The second-order valence-corrected chi connectivity index (χ2v) is 7.59. The van der Waals surface area contributed by atoms with Gasteiger partial charge in [-0.15, -0.1) is 0 Å². The van der Waals surface area contributed by atoms with Crippen LogP contribution in [-0.2, 0) is 16.2 Å². The number of alkyl halides is 3. The summed E-state index contributed by atoms with van der Waals surface area (Å²) in [6.07, 6.45) is -4.82. The summed E-state index contributed by atoms with van der Waals surface area (Å²) in [5.74, 6) is -1.42. The third-order valence-electron chi connectivity index (χ3n) is 3.47. The molecule has 1 aromatic heterocycles. The van der Waals surface area contributed by atoms with E-state index in [1.807, 2.05) is 9.82 Å². The van der Waals surface area contributed by atoms with E-state index in [0.717, 1.165) is 24.3 Å². The zero-order valence-corrected chi connectivity index (χ0v) is 15.0. The molecule has 28 heavy (non-hydrogen) atoms. The van der Waals surface area contributed by atoms with Crippen molar-refractivity contribution in [3.63, 3.8) is 0 Å². The number of anilines is 1. The van der Waals surface area contributed by atoms with Gasteiger partial charge in [0.1, 0.15) is 10.7 Å². The number of halogens is 5. The third kappa shape index (κ3) is 4.17. The van der Waals surface area contributed by atoms with Crippen LogP contribution in [0.15, 0.2) is 46.1 Å². The van der Waals surface area contributed by atoms with Gasteiger partial charge in [-0.25, -0.2) is 22.7 Å². The largest absolute Gasteiger partial charge is 0.416 e. The molecule has 148 valence electrons. The van der Waals surface area contributed by atoms with Crippen LogP contribution in [0.4, 0.5) is 23.2 Å². The summed E-state index contributed by atoms with van der Waals surface area (Å²) >= 11 is 5.57. The van der Waals surface area contributed by atoms with Gasteiger partial charge in [-0.05, 0) is 36.4 Å². The van der Waals surface area contributed by atoms with E-state index in [0.29, 0.717) is 12.1 Å². The summed E-state index contributed by atoms with van der Waals surface area (Å²) in [6, 6.07) is 4.95. The maximum atomic E-state index is 13.9. The van der Waals surface area contributed by atoms with Crippen molar-refractivity contribution in [1.82, 2.24) is 15.2 Å². The summed E-state index contributed by atoms with van der Waals surface area (Å²) in [4.78, 5) is 12.5. The first kappa shape index (κ1) is 19.9. The fourth-order valence-corrected chi connectivity index (χ4v) is 3.56. The zero-order valence-electron chi connectivity index (χ0n) is 13.4. The molecule has 0 spiro atoms. The molecule has 3 N–H and O–H groups in total. The van der Waals surface area contributed by atoms with E-state index in [1.165, 1.54) is 0 Å². The first-order chi connectivity index (χ1) is 13.0. The van der Waals surface area contributed by atoms with E-state index in [9.17, 15) is 30.8 Å². The predicted molar refractivity (Wildman–Crippen MR) is 91.9 cm³/mol. The lowest BCUT2D eigenvalue weighted by Gasteiger charge is -2.13. The second kappa shape index (κ2) is 6.95. The van der Waals surface area contributed by atoms with Crippen LogP contribution in [0.25, 0.3) is 11.4 Å². The Labute approximate surface area is 159 Å². The summed E-state index contributed by atoms with van der Waals surface area (Å²) in [7, 11) is -4.57. The molecule has 0 aliphatic carbocycles. The normalized spacial score (nSPS) is 12.2. The van der Waals surface area contributed by atoms with Crippen LogP contribution in [0.2, 0.25) is 5.02 Å². The van der Waals surface area contributed by atoms with Crippen LogP contribution in [0.3, 0.4) is 0 Å². The van der Waals surface area contributed by atoms with Gasteiger partial charge in [0, 0.05) is 10.6 Å². The molecule has 13 heteroatoms. The van der Waals surface area contributed by atoms with E-state index >= 15 is 0 Å². The second-order valence-electron chi connectivity index (χ2n) is 5.50. The van der Waals surface area contributed by atoms with Gasteiger partial charge in [0.2, 0.25) is 0 Å². The molecule has 0 aliphatic rings. The first-order valence-electron chi connectivity index (χ1n) is 7.31. The smallest absolute Gasteiger partial charge is 0.289 e. The molecule has 0 radical (unpaired) electrons. The molecule has 0 saturated heterocycles. The number of hydrogen-bond donors (Lipinski definition) is 3. The number of nitrogens with one attached hydrogen (secondary N) is 3. The van der Waals surface area contributed by atoms with Crippen molar-refractivity contribution in [3.05, 3.63) is 63.3 Å². The van der Waals surface area contributed by atoms with E-state index < -0.39 is 43.9 Å². The first-order valence-corrected chi connectivity index (χ1v) is 9.17. The Morgan fingerprint density at radius 1 is 1.11 bits per heavy atom. The summed E-state index contributed by atoms with van der Waals surface area (Å²) in [5, 5.41) is 5.45. The molecule has 0 amide bonds. The minimum Gasteiger partial charge on any atom is -0.289 e. The Hall–Kier alpha value is -2.86. The molecule has 7 nitrogen and oxygen atoms in total. The monoisotopic (exact) mass is 436 g/mol. The molecule has 0 atom stereocenters. The van der Waals surface area contributed by atoms with Gasteiger partial charge in [0.15, 0.2) is 5.82 Å². The molecular formula is C15H9ClF4N4O3S. The highest BCUT2D eigenvalue weighted by Gasteiger charge is 2.32. The van der Waals surface area contributed by atoms with Crippen LogP contribution >= 0.6 is 11.6 Å². The minimum absolute atomic E-state index is 0.0553. The Bertz CT molecular complexity index is 1200. The van der Waals surface area contributed by atoms with Crippen molar-refractivity contribution in [2.75, 3.05) is 4.72 Å². The number of rotatable bonds is 4. The lowest BCUT2D eigenvalue weighted by Crippen LogP contribution is -2.15. The lowest BCUT2D eigenvalue weighted by molar-refractivity contribution is -0.137. The maximum Gasteiger partial charge on any atom is 0.416 e. The summed E-state index contributed by atoms with van der Waals surface area (Å²) in [5.41, 5.74) is -2.70. The Balaban J connectivity index is 2.09. The number of aromatic amines is 2. The van der Waals surface area contributed by atoms with Crippen LogP contribution in [0.5, 0.6) is 0 Å². The van der Waals surface area contributed by atoms with Gasteiger partial charge in [-0.3, -0.25) is 9.71 Å². The predicted octanol–water partition coefficient (Wildman–Crippen LogP) is 3.38. The number of sulfonamides is 1. The number of benzene rings is 2. The molecule has 0 fully saturated rings. The average Bonchev–Trinajstić information content (AvgIpc) is 2.99. The fourth-order valence-electron chi connectivity index (χ4n) is 2.30. The molecule has 0 saturated carbocycles. The summed E-state index contributed by atoms with van der Waals surface area (Å²) in [6.45, 7) is 0. The number of aromatic nitrogens is 3. The quantitative estimate of drug-likeness (QED) is 0.545. The Kier molecular flexibility index (Phi) is 4.93. The third-order valence-corrected chi connectivity index (χ3v) is 5.12. The highest BCUT2D eigenvalue weighted by Crippen LogP contribution is 2.34. The zero-order chi connectivity index (χ0) is 20.7. The van der Waals surface area contributed by atoms with Gasteiger partial charge in [-0.2, -0.15) is 18.3 Å².